The lowest BCUT2D eigenvalue weighted by molar-refractivity contribution is -0.136. The minimum absolute atomic E-state index is 0.0535. The van der Waals surface area contributed by atoms with Gasteiger partial charge in [0.2, 0.25) is 0 Å². The fraction of sp³-hybridized carbons (Fsp3) is 0.364. The zero-order valence-corrected chi connectivity index (χ0v) is 8.87. The van der Waals surface area contributed by atoms with Gasteiger partial charge in [-0.3, -0.25) is 0 Å². The molecule has 0 radical (unpaired) electrons. The molecule has 0 aliphatic carbocycles. The summed E-state index contributed by atoms with van der Waals surface area (Å²) >= 11 is 0. The SMILES string of the molecule is N[C@H](CCC(F)(F)F)c1ccccc1C(=O)O. The molecule has 3 nitrogen and oxygen atoms in total. The van der Waals surface area contributed by atoms with Crippen LogP contribution >= 0.6 is 0 Å². The molecule has 1 rings (SSSR count). The second-order valence-corrected chi connectivity index (χ2v) is 3.65. The smallest absolute Gasteiger partial charge is 0.389 e. The van der Waals surface area contributed by atoms with Crippen molar-refractivity contribution in [3.05, 3.63) is 35.4 Å². The Morgan fingerprint density at radius 3 is 2.47 bits per heavy atom. The number of rotatable bonds is 4. The number of alkyl halides is 3. The third-order valence-corrected chi connectivity index (χ3v) is 2.33. The highest BCUT2D eigenvalue weighted by molar-refractivity contribution is 5.89. The summed E-state index contributed by atoms with van der Waals surface area (Å²) in [6, 6.07) is 4.89. The first kappa shape index (κ1) is 13.5. The summed E-state index contributed by atoms with van der Waals surface area (Å²) in [5.41, 5.74) is 5.75. The molecule has 17 heavy (non-hydrogen) atoms. The zero-order valence-electron chi connectivity index (χ0n) is 8.87. The Labute approximate surface area is 96.0 Å². The lowest BCUT2D eigenvalue weighted by Gasteiger charge is -2.15. The number of hydrogen-bond donors (Lipinski definition) is 2. The molecule has 94 valence electrons. The van der Waals surface area contributed by atoms with Gasteiger partial charge in [-0.1, -0.05) is 18.2 Å². The van der Waals surface area contributed by atoms with Crippen molar-refractivity contribution < 1.29 is 23.1 Å². The molecule has 1 aromatic rings. The molecule has 0 unspecified atom stereocenters. The van der Waals surface area contributed by atoms with E-state index in [1.165, 1.54) is 18.2 Å². The van der Waals surface area contributed by atoms with Crippen LogP contribution < -0.4 is 5.73 Å². The second-order valence-electron chi connectivity index (χ2n) is 3.65. The van der Waals surface area contributed by atoms with Crippen LogP contribution in [0.1, 0.15) is 34.8 Å². The third-order valence-electron chi connectivity index (χ3n) is 2.33. The summed E-state index contributed by atoms with van der Waals surface area (Å²) in [6.07, 6.45) is -5.63. The Hall–Kier alpha value is -1.56. The molecule has 3 N–H and O–H groups in total. The van der Waals surface area contributed by atoms with Gasteiger partial charge < -0.3 is 10.8 Å². The zero-order chi connectivity index (χ0) is 13.1. The number of benzene rings is 1. The number of hydrogen-bond acceptors (Lipinski definition) is 2. The van der Waals surface area contributed by atoms with Crippen LogP contribution in [0.25, 0.3) is 0 Å². The first-order valence-electron chi connectivity index (χ1n) is 4.96. The number of carboxylic acid groups (broad SMARTS) is 1. The van der Waals surface area contributed by atoms with E-state index in [0.717, 1.165) is 0 Å². The monoisotopic (exact) mass is 247 g/mol. The lowest BCUT2D eigenvalue weighted by atomic mass is 9.97. The van der Waals surface area contributed by atoms with E-state index in [1.54, 1.807) is 6.07 Å². The Morgan fingerprint density at radius 2 is 1.94 bits per heavy atom. The maximum atomic E-state index is 12.0. The average Bonchev–Trinajstić information content (AvgIpc) is 2.25. The quantitative estimate of drug-likeness (QED) is 0.859. The molecular formula is C11H12F3NO2. The first-order chi connectivity index (χ1) is 7.81. The largest absolute Gasteiger partial charge is 0.478 e. The van der Waals surface area contributed by atoms with Crippen molar-refractivity contribution in [3.63, 3.8) is 0 Å². The first-order valence-corrected chi connectivity index (χ1v) is 4.96. The minimum Gasteiger partial charge on any atom is -0.478 e. The molecule has 6 heteroatoms. The van der Waals surface area contributed by atoms with E-state index in [9.17, 15) is 18.0 Å². The molecule has 0 saturated carbocycles. The third kappa shape index (κ3) is 4.07. The van der Waals surface area contributed by atoms with Crippen molar-refractivity contribution in [2.24, 2.45) is 5.73 Å². The molecule has 0 heterocycles. The summed E-state index contributed by atoms with van der Waals surface area (Å²) in [5.74, 6) is -1.19. The van der Waals surface area contributed by atoms with Gasteiger partial charge in [-0.2, -0.15) is 13.2 Å². The predicted molar refractivity (Wildman–Crippen MR) is 55.6 cm³/mol. The molecule has 1 aromatic carbocycles. The Bertz CT molecular complexity index is 404. The number of halogens is 3. The van der Waals surface area contributed by atoms with Gasteiger partial charge in [-0.05, 0) is 18.1 Å². The molecule has 0 fully saturated rings. The maximum absolute atomic E-state index is 12.0. The van der Waals surface area contributed by atoms with Crippen LogP contribution in [0.2, 0.25) is 0 Å². The standard InChI is InChI=1S/C11H12F3NO2/c12-11(13,14)6-5-9(15)7-3-1-2-4-8(7)10(16)17/h1-4,9H,5-6,15H2,(H,16,17)/t9-/m1/s1. The fourth-order valence-corrected chi connectivity index (χ4v) is 1.49. The van der Waals surface area contributed by atoms with E-state index in [0.29, 0.717) is 0 Å². The van der Waals surface area contributed by atoms with Crippen LogP contribution in [0.4, 0.5) is 13.2 Å². The molecule has 0 saturated heterocycles. The van der Waals surface area contributed by atoms with E-state index < -0.39 is 24.6 Å². The van der Waals surface area contributed by atoms with Crippen molar-refractivity contribution in [2.45, 2.75) is 25.1 Å². The van der Waals surface area contributed by atoms with Crippen LogP contribution in [-0.2, 0) is 0 Å². The van der Waals surface area contributed by atoms with Crippen LogP contribution in [-0.4, -0.2) is 17.3 Å². The van der Waals surface area contributed by atoms with Crippen LogP contribution in [0, 0.1) is 0 Å². The second kappa shape index (κ2) is 5.18. The maximum Gasteiger partial charge on any atom is 0.389 e. The highest BCUT2D eigenvalue weighted by Crippen LogP contribution is 2.27. The lowest BCUT2D eigenvalue weighted by Crippen LogP contribution is -2.18. The van der Waals surface area contributed by atoms with E-state index in [2.05, 4.69) is 0 Å². The van der Waals surface area contributed by atoms with Crippen molar-refractivity contribution in [1.82, 2.24) is 0 Å². The summed E-state index contributed by atoms with van der Waals surface area (Å²) in [4.78, 5) is 10.8. The summed E-state index contributed by atoms with van der Waals surface area (Å²) in [7, 11) is 0. The van der Waals surface area contributed by atoms with Gasteiger partial charge in [-0.15, -0.1) is 0 Å². The predicted octanol–water partition coefficient (Wildman–Crippen LogP) is 2.73. The highest BCUT2D eigenvalue weighted by atomic mass is 19.4. The number of aromatic carboxylic acids is 1. The molecular weight excluding hydrogens is 235 g/mol. The average molecular weight is 247 g/mol. The van der Waals surface area contributed by atoms with Gasteiger partial charge in [-0.25, -0.2) is 4.79 Å². The molecule has 0 spiro atoms. The number of carbonyl (C=O) groups is 1. The summed E-state index contributed by atoms with van der Waals surface area (Å²) in [6.45, 7) is 0. The Morgan fingerprint density at radius 1 is 1.35 bits per heavy atom. The van der Waals surface area contributed by atoms with Crippen LogP contribution in [0.3, 0.4) is 0 Å². The van der Waals surface area contributed by atoms with Crippen molar-refractivity contribution in [2.75, 3.05) is 0 Å². The Balaban J connectivity index is 2.82. The number of nitrogens with two attached hydrogens (primary N) is 1. The summed E-state index contributed by atoms with van der Waals surface area (Å²) in [5, 5.41) is 8.86. The van der Waals surface area contributed by atoms with E-state index in [1.807, 2.05) is 0 Å². The summed E-state index contributed by atoms with van der Waals surface area (Å²) < 4.78 is 36.1. The van der Waals surface area contributed by atoms with Gasteiger partial charge in [0.1, 0.15) is 0 Å². The van der Waals surface area contributed by atoms with Gasteiger partial charge in [0, 0.05) is 12.5 Å². The molecule has 0 aromatic heterocycles. The van der Waals surface area contributed by atoms with Gasteiger partial charge in [0.05, 0.1) is 5.56 Å². The van der Waals surface area contributed by atoms with Crippen LogP contribution in [0.5, 0.6) is 0 Å². The van der Waals surface area contributed by atoms with E-state index >= 15 is 0 Å². The van der Waals surface area contributed by atoms with Crippen LogP contribution in [0.15, 0.2) is 24.3 Å². The van der Waals surface area contributed by atoms with Gasteiger partial charge in [0.25, 0.3) is 0 Å². The molecule has 0 aliphatic rings. The molecule has 0 bridgehead atoms. The Kier molecular flexibility index (Phi) is 4.11. The van der Waals surface area contributed by atoms with Gasteiger partial charge in [0.15, 0.2) is 0 Å². The van der Waals surface area contributed by atoms with Crippen molar-refractivity contribution in [1.29, 1.82) is 0 Å². The van der Waals surface area contributed by atoms with Crippen molar-refractivity contribution in [3.8, 4) is 0 Å². The molecule has 1 atom stereocenters. The van der Waals surface area contributed by atoms with E-state index in [4.69, 9.17) is 10.8 Å². The number of carboxylic acids is 1. The van der Waals surface area contributed by atoms with E-state index in [-0.39, 0.29) is 17.5 Å². The topological polar surface area (TPSA) is 63.3 Å². The molecule has 0 aliphatic heterocycles. The van der Waals surface area contributed by atoms with Gasteiger partial charge >= 0.3 is 12.1 Å². The van der Waals surface area contributed by atoms with Crippen molar-refractivity contribution >= 4 is 5.97 Å². The fourth-order valence-electron chi connectivity index (χ4n) is 1.49. The minimum atomic E-state index is -4.28. The normalized spacial score (nSPS) is 13.4. The molecule has 0 amide bonds. The highest BCUT2D eigenvalue weighted by Gasteiger charge is 2.28.